The number of hydrogen-bond acceptors (Lipinski definition) is 6. The molecule has 1 aromatic rings. The zero-order valence-electron chi connectivity index (χ0n) is 11.2. The molecule has 0 spiro atoms. The number of morpholine rings is 1. The van der Waals surface area contributed by atoms with Gasteiger partial charge in [0.15, 0.2) is 6.23 Å². The van der Waals surface area contributed by atoms with Crippen LogP contribution in [0.5, 0.6) is 0 Å². The summed E-state index contributed by atoms with van der Waals surface area (Å²) in [6.07, 6.45) is 1.57. The lowest BCUT2D eigenvalue weighted by Gasteiger charge is -2.33. The fraction of sp³-hybridized carbons (Fsp3) is 0.615. The molecule has 0 saturated carbocycles. The minimum absolute atomic E-state index is 0.187. The van der Waals surface area contributed by atoms with E-state index in [9.17, 15) is 0 Å². The van der Waals surface area contributed by atoms with Gasteiger partial charge in [0, 0.05) is 13.3 Å². The van der Waals surface area contributed by atoms with Gasteiger partial charge in [0.1, 0.15) is 6.61 Å². The Morgan fingerprint density at radius 1 is 1.42 bits per heavy atom. The highest BCUT2D eigenvalue weighted by atomic mass is 16.7. The summed E-state index contributed by atoms with van der Waals surface area (Å²) >= 11 is 0. The van der Waals surface area contributed by atoms with Gasteiger partial charge >= 0.3 is 0 Å². The summed E-state index contributed by atoms with van der Waals surface area (Å²) < 4.78 is 16.0. The van der Waals surface area contributed by atoms with Gasteiger partial charge < -0.3 is 14.2 Å². The summed E-state index contributed by atoms with van der Waals surface area (Å²) in [5, 5.41) is 1.81. The summed E-state index contributed by atoms with van der Waals surface area (Å²) in [5.41, 5.74) is 0.893. The summed E-state index contributed by atoms with van der Waals surface area (Å²) in [4.78, 5) is 9.96. The number of methoxy groups -OCH3 is 1. The molecule has 0 radical (unpaired) electrons. The summed E-state index contributed by atoms with van der Waals surface area (Å²) in [5.74, 6) is 0. The van der Waals surface area contributed by atoms with Crippen LogP contribution in [-0.2, 0) is 25.7 Å². The van der Waals surface area contributed by atoms with Crippen LogP contribution in [0.3, 0.4) is 0 Å². The Kier molecular flexibility index (Phi) is 6.19. The second kappa shape index (κ2) is 8.19. The van der Waals surface area contributed by atoms with Crippen molar-refractivity contribution in [1.29, 1.82) is 0 Å². The number of nitrogens with zero attached hydrogens (tertiary/aromatic N) is 2. The molecule has 1 aliphatic heterocycles. The first kappa shape index (κ1) is 14.4. The highest BCUT2D eigenvalue weighted by Gasteiger charge is 2.24. The Hall–Kier alpha value is -1.05. The van der Waals surface area contributed by atoms with Crippen molar-refractivity contribution in [2.75, 3.05) is 40.1 Å². The van der Waals surface area contributed by atoms with Crippen molar-refractivity contribution in [2.24, 2.45) is 0 Å². The van der Waals surface area contributed by atoms with Crippen molar-refractivity contribution in [3.05, 3.63) is 30.1 Å². The van der Waals surface area contributed by atoms with Crippen LogP contribution in [0.1, 0.15) is 5.69 Å². The van der Waals surface area contributed by atoms with E-state index in [0.717, 1.165) is 5.69 Å². The first-order valence-electron chi connectivity index (χ1n) is 6.38. The molecular formula is C13H20N2O4. The molecule has 1 atom stereocenters. The molecule has 1 unspecified atom stereocenters. The zero-order valence-corrected chi connectivity index (χ0v) is 11.2. The van der Waals surface area contributed by atoms with E-state index >= 15 is 0 Å². The number of aromatic nitrogens is 1. The molecule has 1 aliphatic rings. The Morgan fingerprint density at radius 3 is 3.16 bits per heavy atom. The highest BCUT2D eigenvalue weighted by molar-refractivity contribution is 5.01. The molecule has 19 heavy (non-hydrogen) atoms. The smallest absolute Gasteiger partial charge is 0.156 e. The molecule has 0 aliphatic carbocycles. The van der Waals surface area contributed by atoms with Gasteiger partial charge in [0.25, 0.3) is 0 Å². The topological polar surface area (TPSA) is 53.0 Å². The number of rotatable bonds is 7. The van der Waals surface area contributed by atoms with Crippen molar-refractivity contribution in [3.63, 3.8) is 0 Å². The lowest BCUT2D eigenvalue weighted by Crippen LogP contribution is -2.47. The number of hydrogen-bond donors (Lipinski definition) is 0. The van der Waals surface area contributed by atoms with Gasteiger partial charge in [-0.2, -0.15) is 5.06 Å². The lowest BCUT2D eigenvalue weighted by atomic mass is 10.4. The molecule has 0 N–H and O–H groups in total. The van der Waals surface area contributed by atoms with Crippen molar-refractivity contribution in [2.45, 2.75) is 12.8 Å². The molecule has 2 heterocycles. The lowest BCUT2D eigenvalue weighted by molar-refractivity contribution is -0.296. The molecule has 1 saturated heterocycles. The van der Waals surface area contributed by atoms with Gasteiger partial charge in [0.2, 0.25) is 0 Å². The fourth-order valence-electron chi connectivity index (χ4n) is 1.74. The molecule has 106 valence electrons. The Balaban J connectivity index is 1.78. The third-order valence-electron chi connectivity index (χ3n) is 2.74. The number of ether oxygens (including phenoxy) is 3. The maximum absolute atomic E-state index is 5.74. The van der Waals surface area contributed by atoms with Crippen molar-refractivity contribution in [3.8, 4) is 0 Å². The average molecular weight is 268 g/mol. The van der Waals surface area contributed by atoms with Crippen LogP contribution in [0.15, 0.2) is 24.4 Å². The molecule has 6 heteroatoms. The largest absolute Gasteiger partial charge is 0.382 e. The van der Waals surface area contributed by atoms with Crippen molar-refractivity contribution >= 4 is 0 Å². The maximum Gasteiger partial charge on any atom is 0.156 e. The zero-order chi connectivity index (χ0) is 13.3. The maximum atomic E-state index is 5.74. The quantitative estimate of drug-likeness (QED) is 0.683. The third kappa shape index (κ3) is 4.85. The Labute approximate surface area is 113 Å². The number of hydroxylamine groups is 2. The Morgan fingerprint density at radius 2 is 2.37 bits per heavy atom. The van der Waals surface area contributed by atoms with Gasteiger partial charge in [0.05, 0.1) is 38.7 Å². The van der Waals surface area contributed by atoms with Crippen LogP contribution in [0.25, 0.3) is 0 Å². The van der Waals surface area contributed by atoms with Crippen LogP contribution < -0.4 is 0 Å². The standard InChI is InChI=1S/C13H20N2O4/c1-16-8-9-18-13-11-17-7-6-15(13)19-10-12-4-2-3-5-14-12/h2-5,13H,6-11H2,1H3. The van der Waals surface area contributed by atoms with E-state index < -0.39 is 0 Å². The van der Waals surface area contributed by atoms with Gasteiger partial charge in [-0.3, -0.25) is 9.82 Å². The predicted octanol–water partition coefficient (Wildman–Crippen LogP) is 0.834. The van der Waals surface area contributed by atoms with Crippen LogP contribution in [0, 0.1) is 0 Å². The van der Waals surface area contributed by atoms with E-state index in [-0.39, 0.29) is 6.23 Å². The molecule has 0 amide bonds. The Bertz CT molecular complexity index is 350. The van der Waals surface area contributed by atoms with Gasteiger partial charge in [-0.25, -0.2) is 0 Å². The van der Waals surface area contributed by atoms with E-state index in [2.05, 4.69) is 4.98 Å². The van der Waals surface area contributed by atoms with Crippen molar-refractivity contribution in [1.82, 2.24) is 10.0 Å². The molecule has 0 aromatic carbocycles. The fourth-order valence-corrected chi connectivity index (χ4v) is 1.74. The van der Waals surface area contributed by atoms with E-state index in [1.54, 1.807) is 13.3 Å². The van der Waals surface area contributed by atoms with Crippen LogP contribution in [0.4, 0.5) is 0 Å². The minimum Gasteiger partial charge on any atom is -0.382 e. The van der Waals surface area contributed by atoms with E-state index in [1.165, 1.54) is 0 Å². The third-order valence-corrected chi connectivity index (χ3v) is 2.74. The van der Waals surface area contributed by atoms with Gasteiger partial charge in [-0.15, -0.1) is 0 Å². The van der Waals surface area contributed by atoms with Crippen LogP contribution >= 0.6 is 0 Å². The van der Waals surface area contributed by atoms with Crippen LogP contribution in [0.2, 0.25) is 0 Å². The second-order valence-electron chi connectivity index (χ2n) is 4.13. The monoisotopic (exact) mass is 268 g/mol. The molecule has 1 fully saturated rings. The average Bonchev–Trinajstić information content (AvgIpc) is 2.48. The molecule has 2 rings (SSSR count). The first-order chi connectivity index (χ1) is 9.40. The number of pyridine rings is 1. The predicted molar refractivity (Wildman–Crippen MR) is 68.2 cm³/mol. The second-order valence-corrected chi connectivity index (χ2v) is 4.13. The summed E-state index contributed by atoms with van der Waals surface area (Å²) in [6, 6.07) is 5.76. The molecular weight excluding hydrogens is 248 g/mol. The van der Waals surface area contributed by atoms with E-state index in [4.69, 9.17) is 19.0 Å². The first-order valence-corrected chi connectivity index (χ1v) is 6.38. The summed E-state index contributed by atoms with van der Waals surface area (Å²) in [6.45, 7) is 3.35. The van der Waals surface area contributed by atoms with Crippen LogP contribution in [-0.4, -0.2) is 56.4 Å². The summed E-state index contributed by atoms with van der Waals surface area (Å²) in [7, 11) is 1.65. The van der Waals surface area contributed by atoms with Gasteiger partial charge in [-0.1, -0.05) is 6.07 Å². The SMILES string of the molecule is COCCOC1COCCN1OCc1ccccn1. The molecule has 6 nitrogen and oxygen atoms in total. The highest BCUT2D eigenvalue weighted by Crippen LogP contribution is 2.10. The minimum atomic E-state index is -0.187. The normalized spacial score (nSPS) is 20.6. The van der Waals surface area contributed by atoms with Crippen molar-refractivity contribution < 1.29 is 19.0 Å². The molecule has 1 aromatic heterocycles. The van der Waals surface area contributed by atoms with E-state index in [0.29, 0.717) is 39.6 Å². The molecule has 0 bridgehead atoms. The van der Waals surface area contributed by atoms with E-state index in [1.807, 2.05) is 23.3 Å². The van der Waals surface area contributed by atoms with Gasteiger partial charge in [-0.05, 0) is 12.1 Å².